The van der Waals surface area contributed by atoms with Crippen LogP contribution < -0.4 is 10.6 Å². The van der Waals surface area contributed by atoms with Gasteiger partial charge in [-0.1, -0.05) is 0 Å². The molecule has 12 heteroatoms. The van der Waals surface area contributed by atoms with E-state index in [9.17, 15) is 22.7 Å². The van der Waals surface area contributed by atoms with Gasteiger partial charge < -0.3 is 15.7 Å². The molecule has 36 heavy (non-hydrogen) atoms. The number of halogens is 1. The Labute approximate surface area is 209 Å². The zero-order chi connectivity index (χ0) is 26.5. The molecule has 3 aromatic rings. The molecule has 0 saturated heterocycles. The highest BCUT2D eigenvalue weighted by Crippen LogP contribution is 2.25. The molecule has 192 valence electrons. The smallest absolute Gasteiger partial charge is 0.255 e. The van der Waals surface area contributed by atoms with Gasteiger partial charge in [-0.2, -0.15) is 10.4 Å². The van der Waals surface area contributed by atoms with Crippen LogP contribution in [0.5, 0.6) is 0 Å². The first kappa shape index (κ1) is 27.0. The fraction of sp³-hybridized carbons (Fsp3) is 0.417. The molecule has 0 spiro atoms. The van der Waals surface area contributed by atoms with Gasteiger partial charge in [0, 0.05) is 24.8 Å². The Hall–Kier alpha value is -3.56. The highest BCUT2D eigenvalue weighted by molar-refractivity contribution is 7.90. The van der Waals surface area contributed by atoms with E-state index >= 15 is 0 Å². The minimum absolute atomic E-state index is 0.0605. The summed E-state index contributed by atoms with van der Waals surface area (Å²) in [4.78, 5) is 17.2. The largest absolute Gasteiger partial charge is 0.387 e. The van der Waals surface area contributed by atoms with E-state index in [1.807, 2.05) is 6.07 Å². The van der Waals surface area contributed by atoms with Crippen molar-refractivity contribution in [1.29, 1.82) is 5.26 Å². The first-order chi connectivity index (χ1) is 16.9. The quantitative estimate of drug-likeness (QED) is 0.329. The molecular weight excluding hydrogens is 487 g/mol. The molecule has 3 aromatic heterocycles. The SMILES string of the molecule is CC(C)(O)C(F)CNC(=O)c1cnc(-c2ccc3cc(C#N)cnn23)cc1NCCCCS(C)(=O)=O. The molecule has 3 rings (SSSR count). The first-order valence-electron chi connectivity index (χ1n) is 11.3. The van der Waals surface area contributed by atoms with E-state index in [1.54, 1.807) is 28.8 Å². The number of nitrogens with one attached hydrogen (secondary N) is 2. The summed E-state index contributed by atoms with van der Waals surface area (Å²) in [6, 6.07) is 8.98. The first-order valence-corrected chi connectivity index (χ1v) is 13.4. The van der Waals surface area contributed by atoms with Crippen LogP contribution in [0.25, 0.3) is 16.9 Å². The third-order valence-corrected chi connectivity index (χ3v) is 6.54. The summed E-state index contributed by atoms with van der Waals surface area (Å²) in [6.45, 7) is 2.65. The molecule has 0 aliphatic carbocycles. The fourth-order valence-electron chi connectivity index (χ4n) is 3.42. The van der Waals surface area contributed by atoms with Crippen LogP contribution in [0.3, 0.4) is 0 Å². The maximum absolute atomic E-state index is 14.1. The Morgan fingerprint density at radius 1 is 1.28 bits per heavy atom. The molecule has 0 aliphatic rings. The zero-order valence-corrected chi connectivity index (χ0v) is 21.1. The van der Waals surface area contributed by atoms with Gasteiger partial charge in [0.1, 0.15) is 22.1 Å². The molecule has 0 fully saturated rings. The minimum Gasteiger partial charge on any atom is -0.387 e. The van der Waals surface area contributed by atoms with Gasteiger partial charge in [0.15, 0.2) is 0 Å². The van der Waals surface area contributed by atoms with Crippen molar-refractivity contribution in [2.75, 3.05) is 30.4 Å². The lowest BCUT2D eigenvalue weighted by atomic mass is 10.0. The number of nitrogens with zero attached hydrogens (tertiary/aromatic N) is 4. The predicted octanol–water partition coefficient (Wildman–Crippen LogP) is 2.34. The standard InChI is InChI=1S/C24H29FN6O4S/c1-24(2,33)22(25)15-29-23(32)18-14-28-20(11-19(18)27-8-4-5-9-36(3,34)35)21-7-6-17-10-16(12-26)13-30-31(17)21/h6-7,10-11,13-14,22,33H,4-5,8-9,15H2,1-3H3,(H,27,28)(H,29,32). The van der Waals surface area contributed by atoms with Crippen LogP contribution in [0.2, 0.25) is 0 Å². The molecule has 0 aliphatic heterocycles. The number of hydrogen-bond acceptors (Lipinski definition) is 8. The summed E-state index contributed by atoms with van der Waals surface area (Å²) in [5, 5.41) is 28.8. The van der Waals surface area contributed by atoms with E-state index in [0.29, 0.717) is 47.5 Å². The number of alkyl halides is 1. The van der Waals surface area contributed by atoms with Crippen molar-refractivity contribution in [3.63, 3.8) is 0 Å². The van der Waals surface area contributed by atoms with Crippen LogP contribution in [0, 0.1) is 11.3 Å². The summed E-state index contributed by atoms with van der Waals surface area (Å²) in [7, 11) is -3.07. The summed E-state index contributed by atoms with van der Waals surface area (Å²) >= 11 is 0. The normalized spacial score (nSPS) is 12.8. The van der Waals surface area contributed by atoms with Crippen molar-refractivity contribution in [3.05, 3.63) is 47.8 Å². The number of amides is 1. The average molecular weight is 517 g/mol. The minimum atomic E-state index is -3.07. The maximum atomic E-state index is 14.1. The Bertz CT molecular complexity index is 1390. The van der Waals surface area contributed by atoms with Crippen LogP contribution in [0.1, 0.15) is 42.6 Å². The number of anilines is 1. The van der Waals surface area contributed by atoms with Gasteiger partial charge in [-0.05, 0) is 51.0 Å². The van der Waals surface area contributed by atoms with Crippen LogP contribution in [0.15, 0.2) is 36.7 Å². The number of hydrogen-bond donors (Lipinski definition) is 3. The number of aromatic nitrogens is 3. The van der Waals surface area contributed by atoms with Gasteiger partial charge in [0.05, 0.1) is 52.1 Å². The van der Waals surface area contributed by atoms with Crippen LogP contribution in [0.4, 0.5) is 10.1 Å². The van der Waals surface area contributed by atoms with E-state index in [4.69, 9.17) is 5.26 Å². The lowest BCUT2D eigenvalue weighted by molar-refractivity contribution is -0.00177. The number of pyridine rings is 1. The number of fused-ring (bicyclic) bond motifs is 1. The number of carbonyl (C=O) groups is 1. The molecule has 1 amide bonds. The topological polar surface area (TPSA) is 149 Å². The Balaban J connectivity index is 1.86. The van der Waals surface area contributed by atoms with Gasteiger partial charge >= 0.3 is 0 Å². The molecule has 1 unspecified atom stereocenters. The third kappa shape index (κ3) is 6.99. The number of aliphatic hydroxyl groups is 1. The van der Waals surface area contributed by atoms with Crippen LogP contribution in [-0.2, 0) is 9.84 Å². The van der Waals surface area contributed by atoms with Gasteiger partial charge in [-0.15, -0.1) is 0 Å². The van der Waals surface area contributed by atoms with Crippen molar-refractivity contribution in [2.24, 2.45) is 0 Å². The number of sulfone groups is 1. The summed E-state index contributed by atoms with van der Waals surface area (Å²) in [6.07, 6.45) is 3.31. The second kappa shape index (κ2) is 11.0. The zero-order valence-electron chi connectivity index (χ0n) is 20.3. The van der Waals surface area contributed by atoms with Crippen molar-refractivity contribution in [2.45, 2.75) is 38.5 Å². The number of rotatable bonds is 11. The van der Waals surface area contributed by atoms with E-state index < -0.39 is 27.5 Å². The second-order valence-corrected chi connectivity index (χ2v) is 11.4. The molecule has 0 aromatic carbocycles. The molecular formula is C24H29FN6O4S. The molecule has 3 N–H and O–H groups in total. The van der Waals surface area contributed by atoms with Crippen molar-refractivity contribution >= 4 is 26.9 Å². The molecule has 0 saturated carbocycles. The van der Waals surface area contributed by atoms with Crippen molar-refractivity contribution in [1.82, 2.24) is 19.9 Å². The Morgan fingerprint density at radius 3 is 2.69 bits per heavy atom. The second-order valence-electron chi connectivity index (χ2n) is 9.12. The van der Waals surface area contributed by atoms with Gasteiger partial charge in [-0.25, -0.2) is 17.3 Å². The summed E-state index contributed by atoms with van der Waals surface area (Å²) < 4.78 is 38.5. The van der Waals surface area contributed by atoms with Gasteiger partial charge in [-0.3, -0.25) is 9.78 Å². The van der Waals surface area contributed by atoms with Gasteiger partial charge in [0.2, 0.25) is 0 Å². The number of unbranched alkanes of at least 4 members (excludes halogenated alkanes) is 1. The van der Waals surface area contributed by atoms with Crippen molar-refractivity contribution < 1.29 is 22.7 Å². The predicted molar refractivity (Wildman–Crippen MR) is 134 cm³/mol. The van der Waals surface area contributed by atoms with E-state index in [2.05, 4.69) is 20.7 Å². The average Bonchev–Trinajstić information content (AvgIpc) is 3.23. The Morgan fingerprint density at radius 2 is 2.03 bits per heavy atom. The molecule has 0 bridgehead atoms. The monoisotopic (exact) mass is 516 g/mol. The third-order valence-electron chi connectivity index (χ3n) is 5.51. The maximum Gasteiger partial charge on any atom is 0.255 e. The molecule has 1 atom stereocenters. The van der Waals surface area contributed by atoms with Gasteiger partial charge in [0.25, 0.3) is 5.91 Å². The van der Waals surface area contributed by atoms with E-state index in [-0.39, 0.29) is 17.9 Å². The van der Waals surface area contributed by atoms with Crippen molar-refractivity contribution in [3.8, 4) is 17.5 Å². The number of carbonyl (C=O) groups excluding carboxylic acids is 1. The summed E-state index contributed by atoms with van der Waals surface area (Å²) in [5.74, 6) is -0.512. The van der Waals surface area contributed by atoms with Crippen LogP contribution >= 0.6 is 0 Å². The van der Waals surface area contributed by atoms with Crippen LogP contribution in [-0.4, -0.2) is 70.9 Å². The molecule has 0 radical (unpaired) electrons. The summed E-state index contributed by atoms with van der Waals surface area (Å²) in [5.41, 5.74) is 1.24. The molecule has 10 nitrogen and oxygen atoms in total. The molecule has 3 heterocycles. The van der Waals surface area contributed by atoms with E-state index in [1.165, 1.54) is 32.5 Å². The lowest BCUT2D eigenvalue weighted by Gasteiger charge is -2.22. The lowest BCUT2D eigenvalue weighted by Crippen LogP contribution is -2.42. The number of nitriles is 1. The highest BCUT2D eigenvalue weighted by atomic mass is 32.2. The fourth-order valence-corrected chi connectivity index (χ4v) is 4.15. The Kier molecular flexibility index (Phi) is 8.27. The highest BCUT2D eigenvalue weighted by Gasteiger charge is 2.27. The van der Waals surface area contributed by atoms with E-state index in [0.717, 1.165) is 0 Å².